The normalized spacial score (nSPS) is 17.5. The lowest BCUT2D eigenvalue weighted by atomic mass is 9.77. The zero-order valence-electron chi connectivity index (χ0n) is 29.1. The SMILES string of the molecule is C/C=C(/F)c1sc(N)c(C#N)c1/C(=C(\C)CC)c1c2c(c3cnc(N4CCCC4)nc3c1F)COC2.CCCCCC1(CCC)COC1. The highest BCUT2D eigenvalue weighted by Crippen LogP contribution is 2.47. The van der Waals surface area contributed by atoms with Crippen molar-refractivity contribution in [2.45, 2.75) is 106 Å². The van der Waals surface area contributed by atoms with Gasteiger partial charge in [-0.2, -0.15) is 5.26 Å². The molecule has 6 rings (SSSR count). The summed E-state index contributed by atoms with van der Waals surface area (Å²) in [6.45, 7) is 14.2. The number of hydrogen-bond acceptors (Lipinski definition) is 8. The minimum absolute atomic E-state index is 0.155. The highest BCUT2D eigenvalue weighted by Gasteiger charge is 2.36. The molecular formula is C38H49F2N5O2S. The predicted octanol–water partition coefficient (Wildman–Crippen LogP) is 9.86. The molecule has 3 aliphatic rings. The van der Waals surface area contributed by atoms with Crippen LogP contribution in [0, 0.1) is 22.6 Å². The van der Waals surface area contributed by atoms with Crippen molar-refractivity contribution < 1.29 is 18.3 Å². The third-order valence-corrected chi connectivity index (χ3v) is 11.0. The Kier molecular flexibility index (Phi) is 11.9. The Bertz CT molecular complexity index is 1730. The molecule has 3 aliphatic heterocycles. The Labute approximate surface area is 287 Å². The maximum Gasteiger partial charge on any atom is 0.225 e. The van der Waals surface area contributed by atoms with E-state index in [4.69, 9.17) is 15.2 Å². The van der Waals surface area contributed by atoms with Crippen molar-refractivity contribution in [3.63, 3.8) is 0 Å². The summed E-state index contributed by atoms with van der Waals surface area (Å²) in [5.74, 6) is -0.516. The van der Waals surface area contributed by atoms with Gasteiger partial charge in [0.05, 0.1) is 36.9 Å². The number of aromatic nitrogens is 2. The number of allylic oxidation sites excluding steroid dienone is 2. The lowest BCUT2D eigenvalue weighted by molar-refractivity contribution is -0.123. The molecule has 0 unspecified atom stereocenters. The van der Waals surface area contributed by atoms with Crippen molar-refractivity contribution in [2.75, 3.05) is 36.9 Å². The van der Waals surface area contributed by atoms with Gasteiger partial charge in [0.15, 0.2) is 5.82 Å². The van der Waals surface area contributed by atoms with Crippen LogP contribution in [0.3, 0.4) is 0 Å². The molecule has 0 atom stereocenters. The minimum atomic E-state index is -0.514. The summed E-state index contributed by atoms with van der Waals surface area (Å²) in [7, 11) is 0. The van der Waals surface area contributed by atoms with Crippen molar-refractivity contribution in [3.8, 4) is 6.07 Å². The molecule has 0 spiro atoms. The van der Waals surface area contributed by atoms with E-state index in [2.05, 4.69) is 34.8 Å². The van der Waals surface area contributed by atoms with Crippen molar-refractivity contribution >= 4 is 44.6 Å². The zero-order chi connectivity index (χ0) is 34.4. The fourth-order valence-corrected chi connectivity index (χ4v) is 8.14. The lowest BCUT2D eigenvalue weighted by Gasteiger charge is -2.41. The molecule has 10 heteroatoms. The van der Waals surface area contributed by atoms with Crippen LogP contribution in [0.25, 0.3) is 22.3 Å². The number of thiophene rings is 1. The van der Waals surface area contributed by atoms with Crippen LogP contribution in [0.5, 0.6) is 0 Å². The maximum absolute atomic E-state index is 16.7. The van der Waals surface area contributed by atoms with Gasteiger partial charge < -0.3 is 20.1 Å². The Hall–Kier alpha value is -3.39. The molecule has 258 valence electrons. The van der Waals surface area contributed by atoms with Gasteiger partial charge in [0.25, 0.3) is 0 Å². The summed E-state index contributed by atoms with van der Waals surface area (Å²) < 4.78 is 42.9. The molecule has 2 N–H and O–H groups in total. The van der Waals surface area contributed by atoms with Crippen LogP contribution in [-0.2, 0) is 22.7 Å². The van der Waals surface area contributed by atoms with Crippen molar-refractivity contribution in [1.82, 2.24) is 9.97 Å². The Morgan fingerprint density at radius 3 is 2.42 bits per heavy atom. The van der Waals surface area contributed by atoms with Crippen LogP contribution in [0.4, 0.5) is 19.7 Å². The Morgan fingerprint density at radius 2 is 1.81 bits per heavy atom. The molecule has 2 fully saturated rings. The van der Waals surface area contributed by atoms with Crippen molar-refractivity contribution in [3.05, 3.63) is 56.4 Å². The van der Waals surface area contributed by atoms with E-state index < -0.39 is 11.6 Å². The molecule has 2 saturated heterocycles. The molecule has 0 amide bonds. The number of nitrogen functional groups attached to an aromatic ring is 1. The number of nitrogens with two attached hydrogens (primary N) is 1. The number of anilines is 2. The van der Waals surface area contributed by atoms with Gasteiger partial charge >= 0.3 is 0 Å². The number of nitriles is 1. The first-order valence-corrected chi connectivity index (χ1v) is 18.3. The summed E-state index contributed by atoms with van der Waals surface area (Å²) in [6, 6.07) is 2.13. The van der Waals surface area contributed by atoms with Crippen LogP contribution in [0.2, 0.25) is 0 Å². The highest BCUT2D eigenvalue weighted by molar-refractivity contribution is 7.17. The van der Waals surface area contributed by atoms with E-state index in [0.717, 1.165) is 61.6 Å². The number of hydrogen-bond donors (Lipinski definition) is 1. The zero-order valence-corrected chi connectivity index (χ0v) is 29.9. The van der Waals surface area contributed by atoms with E-state index in [1.54, 1.807) is 13.1 Å². The topological polar surface area (TPSA) is 97.3 Å². The first kappa shape index (κ1) is 35.9. The predicted molar refractivity (Wildman–Crippen MR) is 192 cm³/mol. The van der Waals surface area contributed by atoms with E-state index in [-0.39, 0.29) is 27.6 Å². The third-order valence-electron chi connectivity index (χ3n) is 9.96. The summed E-state index contributed by atoms with van der Waals surface area (Å²) in [5.41, 5.74) is 10.6. The quantitative estimate of drug-likeness (QED) is 0.202. The molecule has 3 aromatic rings. The second kappa shape index (κ2) is 15.9. The van der Waals surface area contributed by atoms with Gasteiger partial charge in [0.2, 0.25) is 5.95 Å². The first-order valence-electron chi connectivity index (χ1n) is 17.5. The molecular weight excluding hydrogens is 629 g/mol. The molecule has 0 bridgehead atoms. The number of rotatable bonds is 11. The van der Waals surface area contributed by atoms with Crippen molar-refractivity contribution in [1.29, 1.82) is 5.26 Å². The van der Waals surface area contributed by atoms with Gasteiger partial charge in [-0.3, -0.25) is 0 Å². The van der Waals surface area contributed by atoms with Gasteiger partial charge in [0, 0.05) is 41.2 Å². The fourth-order valence-electron chi connectivity index (χ4n) is 7.15. The Morgan fingerprint density at radius 1 is 1.08 bits per heavy atom. The van der Waals surface area contributed by atoms with Gasteiger partial charge in [-0.15, -0.1) is 11.3 Å². The van der Waals surface area contributed by atoms with E-state index >= 15 is 8.78 Å². The smallest absolute Gasteiger partial charge is 0.225 e. The molecule has 2 aromatic heterocycles. The summed E-state index contributed by atoms with van der Waals surface area (Å²) >= 11 is 1.00. The molecule has 0 radical (unpaired) electrons. The lowest BCUT2D eigenvalue weighted by Crippen LogP contribution is -2.42. The number of unbranched alkanes of at least 4 members (excludes halogenated alkanes) is 2. The van der Waals surface area contributed by atoms with E-state index in [9.17, 15) is 5.26 Å². The molecule has 1 aromatic carbocycles. The number of benzene rings is 1. The fraction of sp³-hybridized carbons (Fsp3) is 0.553. The second-order valence-electron chi connectivity index (χ2n) is 13.3. The van der Waals surface area contributed by atoms with Gasteiger partial charge in [0.1, 0.15) is 22.4 Å². The van der Waals surface area contributed by atoms with Crippen LogP contribution < -0.4 is 10.6 Å². The number of ether oxygens (including phenoxy) is 2. The molecule has 7 nitrogen and oxygen atoms in total. The van der Waals surface area contributed by atoms with Crippen LogP contribution in [-0.4, -0.2) is 36.3 Å². The van der Waals surface area contributed by atoms with E-state index in [1.165, 1.54) is 44.6 Å². The monoisotopic (exact) mass is 677 g/mol. The van der Waals surface area contributed by atoms with E-state index in [1.807, 2.05) is 13.8 Å². The van der Waals surface area contributed by atoms with Crippen LogP contribution in [0.1, 0.15) is 125 Å². The number of nitrogens with zero attached hydrogens (tertiary/aromatic N) is 4. The van der Waals surface area contributed by atoms with Crippen LogP contribution in [0.15, 0.2) is 17.8 Å². The molecule has 0 saturated carbocycles. The summed E-state index contributed by atoms with van der Waals surface area (Å²) in [4.78, 5) is 11.5. The summed E-state index contributed by atoms with van der Waals surface area (Å²) in [5, 5.41) is 10.8. The van der Waals surface area contributed by atoms with Crippen molar-refractivity contribution in [2.24, 2.45) is 5.41 Å². The van der Waals surface area contributed by atoms with E-state index in [0.29, 0.717) is 52.0 Å². The molecule has 48 heavy (non-hydrogen) atoms. The molecule has 5 heterocycles. The maximum atomic E-state index is 16.7. The Balaban J connectivity index is 0.000000318. The highest BCUT2D eigenvalue weighted by atomic mass is 32.1. The number of fused-ring (bicyclic) bond motifs is 3. The van der Waals surface area contributed by atoms with Gasteiger partial charge in [-0.05, 0) is 62.7 Å². The first-order chi connectivity index (χ1) is 23.2. The molecule has 0 aliphatic carbocycles. The number of halogens is 2. The average molecular weight is 678 g/mol. The third kappa shape index (κ3) is 7.01. The second-order valence-corrected chi connectivity index (χ2v) is 14.3. The summed E-state index contributed by atoms with van der Waals surface area (Å²) in [6.07, 6.45) is 13.9. The van der Waals surface area contributed by atoms with Gasteiger partial charge in [-0.1, -0.05) is 58.1 Å². The van der Waals surface area contributed by atoms with Crippen LogP contribution >= 0.6 is 11.3 Å². The van der Waals surface area contributed by atoms with Gasteiger partial charge in [-0.25, -0.2) is 18.7 Å². The largest absolute Gasteiger partial charge is 0.389 e. The standard InChI is InChI=1S/C27H27F2N5OS.C11H22O/c1-4-14(3)20(22-15(10-30)26(31)36-25(22)19(28)5-2)21-18-13-35-12-17(18)16-11-32-27(33-24(16)23(21)29)34-8-6-7-9-34;1-3-5-6-8-11(7-4-2)9-12-10-11/h5,11H,4,6-9,12-13,31H2,1-3H3;3-10H2,1-2H3/b19-5+,20-14+;. The average Bonchev–Trinajstić information content (AvgIpc) is 3.86. The minimum Gasteiger partial charge on any atom is -0.389 e.